The van der Waals surface area contributed by atoms with Crippen LogP contribution in [-0.2, 0) is 14.2 Å². The van der Waals surface area contributed by atoms with E-state index in [9.17, 15) is 0 Å². The Morgan fingerprint density at radius 1 is 1.00 bits per heavy atom. The first kappa shape index (κ1) is 17.6. The molecule has 0 spiro atoms. The lowest BCUT2D eigenvalue weighted by Gasteiger charge is -2.17. The summed E-state index contributed by atoms with van der Waals surface area (Å²) in [4.78, 5) is 0. The van der Waals surface area contributed by atoms with E-state index in [1.807, 2.05) is 0 Å². The van der Waals surface area contributed by atoms with Crippen LogP contribution >= 0.6 is 0 Å². The third-order valence-electron chi connectivity index (χ3n) is 2.82. The minimum Gasteiger partial charge on any atom is -0.359 e. The molecule has 3 heteroatoms. The Kier molecular flexibility index (Phi) is 14.4. The molecule has 0 saturated heterocycles. The molecule has 0 heterocycles. The molecule has 0 bridgehead atoms. The minimum absolute atomic E-state index is 0.154. The smallest absolute Gasteiger partial charge is 0.160 e. The maximum Gasteiger partial charge on any atom is 0.160 e. The van der Waals surface area contributed by atoms with E-state index >= 15 is 0 Å². The van der Waals surface area contributed by atoms with Gasteiger partial charge in [0.15, 0.2) is 6.29 Å². The highest BCUT2D eigenvalue weighted by molar-refractivity contribution is 4.64. The molecule has 0 amide bonds. The van der Waals surface area contributed by atoms with Crippen molar-refractivity contribution in [1.29, 1.82) is 0 Å². The molecule has 0 aromatic heterocycles. The van der Waals surface area contributed by atoms with Gasteiger partial charge in [0.2, 0.25) is 0 Å². The van der Waals surface area contributed by atoms with Crippen molar-refractivity contribution in [2.24, 2.45) is 0 Å². The predicted octanol–water partition coefficient (Wildman–Crippen LogP) is 4.28. The van der Waals surface area contributed by atoms with Crippen LogP contribution in [0.3, 0.4) is 0 Å². The monoisotopic (exact) mass is 258 g/mol. The molecule has 3 nitrogen and oxygen atoms in total. The normalized spacial score (nSPS) is 12.6. The van der Waals surface area contributed by atoms with E-state index in [-0.39, 0.29) is 13.1 Å². The molecule has 0 aliphatic heterocycles. The zero-order valence-corrected chi connectivity index (χ0v) is 12.2. The van der Waals surface area contributed by atoms with Crippen LogP contribution in [-0.4, -0.2) is 26.8 Å². The Hall–Kier alpha value is -0.380. The standard InChI is InChI=1S/C15H30O3/c1-4-6-7-8-9-10-11-12-15(17-13-5-2)18-14-16-3/h5,15H,2,4,6-14H2,1,3H3. The van der Waals surface area contributed by atoms with E-state index in [0.717, 1.165) is 12.8 Å². The quantitative estimate of drug-likeness (QED) is 0.264. The van der Waals surface area contributed by atoms with E-state index in [2.05, 4.69) is 13.5 Å². The molecule has 0 aliphatic rings. The fraction of sp³-hybridized carbons (Fsp3) is 0.867. The summed E-state index contributed by atoms with van der Waals surface area (Å²) >= 11 is 0. The number of hydrogen-bond acceptors (Lipinski definition) is 3. The van der Waals surface area contributed by atoms with Gasteiger partial charge in [0.1, 0.15) is 6.79 Å². The average molecular weight is 258 g/mol. The van der Waals surface area contributed by atoms with Crippen LogP contribution in [0.15, 0.2) is 12.7 Å². The van der Waals surface area contributed by atoms with Crippen LogP contribution < -0.4 is 0 Å². The lowest BCUT2D eigenvalue weighted by atomic mass is 10.1. The summed E-state index contributed by atoms with van der Waals surface area (Å²) in [6, 6.07) is 0. The summed E-state index contributed by atoms with van der Waals surface area (Å²) < 4.78 is 15.9. The van der Waals surface area contributed by atoms with E-state index in [4.69, 9.17) is 14.2 Å². The molecule has 0 aliphatic carbocycles. The second kappa shape index (κ2) is 14.7. The minimum atomic E-state index is -0.154. The highest BCUT2D eigenvalue weighted by Crippen LogP contribution is 2.12. The lowest BCUT2D eigenvalue weighted by Crippen LogP contribution is -2.18. The molecule has 0 rings (SSSR count). The zero-order valence-electron chi connectivity index (χ0n) is 12.2. The molecule has 18 heavy (non-hydrogen) atoms. The van der Waals surface area contributed by atoms with E-state index in [0.29, 0.717) is 6.61 Å². The number of ether oxygens (including phenoxy) is 3. The lowest BCUT2D eigenvalue weighted by molar-refractivity contribution is -0.186. The summed E-state index contributed by atoms with van der Waals surface area (Å²) in [5.41, 5.74) is 0. The molecule has 0 fully saturated rings. The van der Waals surface area contributed by atoms with Crippen molar-refractivity contribution in [3.63, 3.8) is 0 Å². The van der Waals surface area contributed by atoms with Gasteiger partial charge in [-0.1, -0.05) is 51.5 Å². The van der Waals surface area contributed by atoms with Gasteiger partial charge in [-0.3, -0.25) is 0 Å². The van der Waals surface area contributed by atoms with Crippen LogP contribution in [0.2, 0.25) is 0 Å². The summed E-state index contributed by atoms with van der Waals surface area (Å²) in [6.07, 6.45) is 11.6. The molecule has 1 unspecified atom stereocenters. The summed E-state index contributed by atoms with van der Waals surface area (Å²) in [5, 5.41) is 0. The SMILES string of the molecule is C=CCOC(CCCCCCCCC)OCOC. The van der Waals surface area contributed by atoms with E-state index in [1.165, 1.54) is 38.5 Å². The van der Waals surface area contributed by atoms with Crippen molar-refractivity contribution in [3.8, 4) is 0 Å². The highest BCUT2D eigenvalue weighted by atomic mass is 16.7. The molecule has 0 saturated carbocycles. The third kappa shape index (κ3) is 12.1. The fourth-order valence-corrected chi connectivity index (χ4v) is 1.80. The molecule has 108 valence electrons. The number of methoxy groups -OCH3 is 1. The maximum absolute atomic E-state index is 5.52. The maximum atomic E-state index is 5.52. The first-order valence-electron chi connectivity index (χ1n) is 7.18. The molecule has 0 aromatic carbocycles. The van der Waals surface area contributed by atoms with Gasteiger partial charge in [-0.25, -0.2) is 0 Å². The van der Waals surface area contributed by atoms with Crippen LogP contribution in [0.1, 0.15) is 58.3 Å². The Morgan fingerprint density at radius 2 is 1.67 bits per heavy atom. The van der Waals surface area contributed by atoms with Crippen LogP contribution in [0, 0.1) is 0 Å². The second-order valence-electron chi connectivity index (χ2n) is 4.53. The fourth-order valence-electron chi connectivity index (χ4n) is 1.80. The molecule has 1 atom stereocenters. The van der Waals surface area contributed by atoms with Crippen molar-refractivity contribution in [3.05, 3.63) is 12.7 Å². The Bertz CT molecular complexity index is 171. The van der Waals surface area contributed by atoms with Gasteiger partial charge in [-0.05, 0) is 12.8 Å². The van der Waals surface area contributed by atoms with Crippen molar-refractivity contribution in [2.75, 3.05) is 20.5 Å². The van der Waals surface area contributed by atoms with Gasteiger partial charge in [-0.2, -0.15) is 0 Å². The molecule has 0 aromatic rings. The van der Waals surface area contributed by atoms with Crippen LogP contribution in [0.5, 0.6) is 0 Å². The average Bonchev–Trinajstić information content (AvgIpc) is 2.40. The van der Waals surface area contributed by atoms with Crippen LogP contribution in [0.25, 0.3) is 0 Å². The van der Waals surface area contributed by atoms with E-state index < -0.39 is 0 Å². The zero-order chi connectivity index (χ0) is 13.5. The highest BCUT2D eigenvalue weighted by Gasteiger charge is 2.08. The van der Waals surface area contributed by atoms with Gasteiger partial charge >= 0.3 is 0 Å². The van der Waals surface area contributed by atoms with Gasteiger partial charge in [-0.15, -0.1) is 6.58 Å². The molecule has 0 N–H and O–H groups in total. The number of unbranched alkanes of at least 4 members (excludes halogenated alkanes) is 6. The van der Waals surface area contributed by atoms with E-state index in [1.54, 1.807) is 13.2 Å². The van der Waals surface area contributed by atoms with Crippen molar-refractivity contribution in [2.45, 2.75) is 64.6 Å². The number of rotatable bonds is 14. The molecular formula is C15H30O3. The topological polar surface area (TPSA) is 27.7 Å². The van der Waals surface area contributed by atoms with Gasteiger partial charge in [0, 0.05) is 7.11 Å². The molecular weight excluding hydrogens is 228 g/mol. The predicted molar refractivity (Wildman–Crippen MR) is 75.5 cm³/mol. The van der Waals surface area contributed by atoms with Crippen molar-refractivity contribution >= 4 is 0 Å². The van der Waals surface area contributed by atoms with Gasteiger partial charge < -0.3 is 14.2 Å². The second-order valence-corrected chi connectivity index (χ2v) is 4.53. The third-order valence-corrected chi connectivity index (χ3v) is 2.82. The van der Waals surface area contributed by atoms with Crippen molar-refractivity contribution in [1.82, 2.24) is 0 Å². The van der Waals surface area contributed by atoms with Crippen molar-refractivity contribution < 1.29 is 14.2 Å². The summed E-state index contributed by atoms with van der Waals surface area (Å²) in [5.74, 6) is 0. The Labute approximate surface area is 112 Å². The Morgan fingerprint density at radius 3 is 2.28 bits per heavy atom. The summed E-state index contributed by atoms with van der Waals surface area (Å²) in [7, 11) is 1.62. The Balaban J connectivity index is 3.46. The van der Waals surface area contributed by atoms with Gasteiger partial charge in [0.25, 0.3) is 0 Å². The first-order chi connectivity index (χ1) is 8.85. The van der Waals surface area contributed by atoms with Gasteiger partial charge in [0.05, 0.1) is 6.61 Å². The van der Waals surface area contributed by atoms with Crippen LogP contribution in [0.4, 0.5) is 0 Å². The summed E-state index contributed by atoms with van der Waals surface area (Å²) in [6.45, 7) is 6.71. The molecule has 0 radical (unpaired) electrons. The first-order valence-corrected chi connectivity index (χ1v) is 7.18. The number of hydrogen-bond donors (Lipinski definition) is 0. The largest absolute Gasteiger partial charge is 0.359 e.